The van der Waals surface area contributed by atoms with E-state index in [1.165, 1.54) is 12.7 Å². The van der Waals surface area contributed by atoms with Crippen LogP contribution in [0.3, 0.4) is 0 Å². The highest BCUT2D eigenvalue weighted by molar-refractivity contribution is 14.0. The third kappa shape index (κ3) is 8.43. The second kappa shape index (κ2) is 14.1. The lowest BCUT2D eigenvalue weighted by molar-refractivity contribution is 0.0600. The van der Waals surface area contributed by atoms with Gasteiger partial charge in [-0.15, -0.1) is 24.0 Å². The molecule has 0 bridgehead atoms. The van der Waals surface area contributed by atoms with E-state index in [1.807, 2.05) is 12.1 Å². The monoisotopic (exact) mass is 550 g/mol. The normalized spacial score (nSPS) is 15.0. The maximum atomic E-state index is 11.5. The highest BCUT2D eigenvalue weighted by atomic mass is 127. The van der Waals surface area contributed by atoms with Crippen LogP contribution in [0.25, 0.3) is 0 Å². The Morgan fingerprint density at radius 2 is 1.75 bits per heavy atom. The zero-order valence-electron chi connectivity index (χ0n) is 19.0. The van der Waals surface area contributed by atoms with Crippen molar-refractivity contribution in [2.45, 2.75) is 38.8 Å². The second-order valence-electron chi connectivity index (χ2n) is 7.88. The standard InChI is InChI=1S/C25H34N4O2.HI/c1-3-26-25(27-16-13-20-9-11-22(12-10-20)24(30)31-2)28-23-14-17-29(18-15-23)19-21-7-5-4-6-8-21;/h4-12,23H,3,13-19H2,1-2H3,(H2,26,27,28);1H. The lowest BCUT2D eigenvalue weighted by Gasteiger charge is -2.33. The number of aliphatic imine (C=N–C) groups is 1. The van der Waals surface area contributed by atoms with Gasteiger partial charge in [-0.1, -0.05) is 42.5 Å². The number of esters is 1. The van der Waals surface area contributed by atoms with Crippen LogP contribution in [0.1, 0.15) is 41.3 Å². The number of benzene rings is 2. The molecule has 0 amide bonds. The summed E-state index contributed by atoms with van der Waals surface area (Å²) in [5.41, 5.74) is 3.10. The van der Waals surface area contributed by atoms with Crippen LogP contribution >= 0.6 is 24.0 Å². The number of carbonyl (C=O) groups is 1. The van der Waals surface area contributed by atoms with E-state index in [4.69, 9.17) is 9.73 Å². The molecule has 0 radical (unpaired) electrons. The summed E-state index contributed by atoms with van der Waals surface area (Å²) in [4.78, 5) is 18.8. The van der Waals surface area contributed by atoms with Gasteiger partial charge in [0.25, 0.3) is 0 Å². The number of halogens is 1. The maximum Gasteiger partial charge on any atom is 0.337 e. The van der Waals surface area contributed by atoms with Crippen molar-refractivity contribution in [2.24, 2.45) is 4.99 Å². The summed E-state index contributed by atoms with van der Waals surface area (Å²) in [6.45, 7) is 6.84. The van der Waals surface area contributed by atoms with Crippen LogP contribution in [0, 0.1) is 0 Å². The van der Waals surface area contributed by atoms with Gasteiger partial charge in [0.1, 0.15) is 0 Å². The molecule has 32 heavy (non-hydrogen) atoms. The van der Waals surface area contributed by atoms with Crippen LogP contribution in [-0.4, -0.2) is 56.2 Å². The molecule has 1 aliphatic rings. The molecule has 1 fully saturated rings. The molecule has 0 saturated carbocycles. The third-order valence-electron chi connectivity index (χ3n) is 5.57. The SMILES string of the molecule is CCNC(=NCCc1ccc(C(=O)OC)cc1)NC1CCN(Cc2ccccc2)CC1.I. The molecule has 0 aromatic heterocycles. The van der Waals surface area contributed by atoms with Crippen LogP contribution < -0.4 is 10.6 Å². The molecular weight excluding hydrogens is 515 g/mol. The number of nitrogens with zero attached hydrogens (tertiary/aromatic N) is 2. The van der Waals surface area contributed by atoms with Crippen LogP contribution in [0.15, 0.2) is 59.6 Å². The van der Waals surface area contributed by atoms with Gasteiger partial charge in [-0.3, -0.25) is 9.89 Å². The van der Waals surface area contributed by atoms with Gasteiger partial charge in [0.2, 0.25) is 0 Å². The van der Waals surface area contributed by atoms with E-state index in [2.05, 4.69) is 52.8 Å². The molecule has 2 aromatic carbocycles. The molecule has 7 heteroatoms. The molecule has 3 rings (SSSR count). The topological polar surface area (TPSA) is 66.0 Å². The largest absolute Gasteiger partial charge is 0.465 e. The molecule has 1 heterocycles. The second-order valence-corrected chi connectivity index (χ2v) is 7.88. The zero-order valence-corrected chi connectivity index (χ0v) is 21.4. The van der Waals surface area contributed by atoms with E-state index in [0.29, 0.717) is 18.2 Å². The minimum absolute atomic E-state index is 0. The number of hydrogen-bond acceptors (Lipinski definition) is 4. The van der Waals surface area contributed by atoms with Gasteiger partial charge in [0, 0.05) is 38.8 Å². The Labute approximate surface area is 208 Å². The van der Waals surface area contributed by atoms with E-state index >= 15 is 0 Å². The first kappa shape index (κ1) is 26.1. The van der Waals surface area contributed by atoms with E-state index in [0.717, 1.165) is 57.0 Å². The fourth-order valence-electron chi connectivity index (χ4n) is 3.81. The first-order valence-electron chi connectivity index (χ1n) is 11.2. The van der Waals surface area contributed by atoms with Gasteiger partial charge < -0.3 is 15.4 Å². The van der Waals surface area contributed by atoms with Crippen molar-refractivity contribution in [3.05, 3.63) is 71.3 Å². The van der Waals surface area contributed by atoms with E-state index in [9.17, 15) is 4.79 Å². The minimum atomic E-state index is -0.307. The fraction of sp³-hybridized carbons (Fsp3) is 0.440. The maximum absolute atomic E-state index is 11.5. The van der Waals surface area contributed by atoms with Crippen LogP contribution in [0.4, 0.5) is 0 Å². The Kier molecular flexibility index (Phi) is 11.5. The lowest BCUT2D eigenvalue weighted by atomic mass is 10.0. The highest BCUT2D eigenvalue weighted by Gasteiger charge is 2.20. The van der Waals surface area contributed by atoms with Crippen LogP contribution in [0.2, 0.25) is 0 Å². The summed E-state index contributed by atoms with van der Waals surface area (Å²) in [5.74, 6) is 0.577. The molecule has 0 atom stereocenters. The predicted molar refractivity (Wildman–Crippen MR) is 141 cm³/mol. The molecule has 1 aliphatic heterocycles. The number of likely N-dealkylation sites (tertiary alicyclic amines) is 1. The molecule has 0 unspecified atom stereocenters. The molecule has 0 aliphatic carbocycles. The molecule has 6 nitrogen and oxygen atoms in total. The fourth-order valence-corrected chi connectivity index (χ4v) is 3.81. The van der Waals surface area contributed by atoms with E-state index in [1.54, 1.807) is 12.1 Å². The molecular formula is C25H35IN4O2. The lowest BCUT2D eigenvalue weighted by Crippen LogP contribution is -2.48. The predicted octanol–water partition coefficient (Wildman–Crippen LogP) is 3.85. The third-order valence-corrected chi connectivity index (χ3v) is 5.57. The minimum Gasteiger partial charge on any atom is -0.465 e. The first-order valence-corrected chi connectivity index (χ1v) is 11.2. The summed E-state index contributed by atoms with van der Waals surface area (Å²) in [7, 11) is 1.40. The van der Waals surface area contributed by atoms with Crippen molar-refractivity contribution in [2.75, 3.05) is 33.3 Å². The van der Waals surface area contributed by atoms with Crippen molar-refractivity contribution in [1.82, 2.24) is 15.5 Å². The number of carbonyl (C=O) groups excluding carboxylic acids is 1. The van der Waals surface area contributed by atoms with Gasteiger partial charge in [-0.05, 0) is 49.4 Å². The van der Waals surface area contributed by atoms with Crippen LogP contribution in [-0.2, 0) is 17.7 Å². The highest BCUT2D eigenvalue weighted by Crippen LogP contribution is 2.14. The average molecular weight is 550 g/mol. The summed E-state index contributed by atoms with van der Waals surface area (Å²) in [6, 6.07) is 18.7. The van der Waals surface area contributed by atoms with Crippen molar-refractivity contribution in [3.8, 4) is 0 Å². The molecule has 0 spiro atoms. The number of nitrogens with one attached hydrogen (secondary N) is 2. The molecule has 174 valence electrons. The Balaban J connectivity index is 0.00000363. The molecule has 2 aromatic rings. The zero-order chi connectivity index (χ0) is 21.9. The summed E-state index contributed by atoms with van der Waals surface area (Å²) < 4.78 is 4.74. The van der Waals surface area contributed by atoms with Crippen molar-refractivity contribution >= 4 is 35.9 Å². The van der Waals surface area contributed by atoms with Crippen molar-refractivity contribution in [3.63, 3.8) is 0 Å². The van der Waals surface area contributed by atoms with Crippen molar-refractivity contribution in [1.29, 1.82) is 0 Å². The van der Waals surface area contributed by atoms with Crippen molar-refractivity contribution < 1.29 is 9.53 Å². The number of rotatable bonds is 8. The number of ether oxygens (including phenoxy) is 1. The first-order chi connectivity index (χ1) is 15.2. The van der Waals surface area contributed by atoms with Crippen LogP contribution in [0.5, 0.6) is 0 Å². The average Bonchev–Trinajstić information content (AvgIpc) is 2.81. The van der Waals surface area contributed by atoms with E-state index < -0.39 is 0 Å². The van der Waals surface area contributed by atoms with Gasteiger partial charge in [-0.2, -0.15) is 0 Å². The summed E-state index contributed by atoms with van der Waals surface area (Å²) in [6.07, 6.45) is 3.06. The number of hydrogen-bond donors (Lipinski definition) is 2. The Hall–Kier alpha value is -2.13. The Morgan fingerprint density at radius 1 is 1.06 bits per heavy atom. The van der Waals surface area contributed by atoms with Gasteiger partial charge in [-0.25, -0.2) is 4.79 Å². The quantitative estimate of drug-likeness (QED) is 0.226. The summed E-state index contributed by atoms with van der Waals surface area (Å²) in [5, 5.41) is 6.97. The Morgan fingerprint density at radius 3 is 2.38 bits per heavy atom. The van der Waals surface area contributed by atoms with Gasteiger partial charge in [0.15, 0.2) is 5.96 Å². The number of methoxy groups -OCH3 is 1. The van der Waals surface area contributed by atoms with Gasteiger partial charge in [0.05, 0.1) is 12.7 Å². The molecule has 1 saturated heterocycles. The smallest absolute Gasteiger partial charge is 0.337 e. The Bertz CT molecular complexity index is 835. The number of piperidine rings is 1. The number of guanidine groups is 1. The molecule has 2 N–H and O–H groups in total. The van der Waals surface area contributed by atoms with E-state index in [-0.39, 0.29) is 29.9 Å². The van der Waals surface area contributed by atoms with Gasteiger partial charge >= 0.3 is 5.97 Å². The summed E-state index contributed by atoms with van der Waals surface area (Å²) >= 11 is 0.